The molecule has 0 bridgehead atoms. The zero-order valence-corrected chi connectivity index (χ0v) is 13.4. The smallest absolute Gasteiger partial charge is 0.272 e. The summed E-state index contributed by atoms with van der Waals surface area (Å²) in [5.74, 6) is -0.142. The Bertz CT molecular complexity index is 638. The highest BCUT2D eigenvalue weighted by Gasteiger charge is 2.14. The number of nitrogen functional groups attached to an aromatic ring is 1. The second-order valence-electron chi connectivity index (χ2n) is 4.81. The molecule has 1 heterocycles. The van der Waals surface area contributed by atoms with Crippen LogP contribution in [0.1, 0.15) is 28.5 Å². The molecule has 0 saturated heterocycles. The van der Waals surface area contributed by atoms with E-state index in [1.807, 2.05) is 37.5 Å². The van der Waals surface area contributed by atoms with Crippen LogP contribution in [0.25, 0.3) is 0 Å². The van der Waals surface area contributed by atoms with Crippen LogP contribution in [0, 0.1) is 13.8 Å². The van der Waals surface area contributed by atoms with E-state index in [1.165, 1.54) is 0 Å². The van der Waals surface area contributed by atoms with Crippen LogP contribution in [0.15, 0.2) is 28.9 Å². The molecule has 1 aromatic carbocycles. The summed E-state index contributed by atoms with van der Waals surface area (Å²) in [6.07, 6.45) is 1.77. The molecule has 2 rings (SSSR count). The van der Waals surface area contributed by atoms with Crippen LogP contribution in [0.5, 0.6) is 0 Å². The van der Waals surface area contributed by atoms with Gasteiger partial charge in [0.1, 0.15) is 5.69 Å². The van der Waals surface area contributed by atoms with E-state index in [9.17, 15) is 4.79 Å². The molecule has 0 radical (unpaired) electrons. The van der Waals surface area contributed by atoms with Crippen molar-refractivity contribution in [1.29, 1.82) is 0 Å². The zero-order valence-electron chi connectivity index (χ0n) is 11.8. The summed E-state index contributed by atoms with van der Waals surface area (Å²) < 4.78 is 2.85. The molecule has 0 spiro atoms. The third-order valence-electron chi connectivity index (χ3n) is 3.23. The van der Waals surface area contributed by atoms with Crippen molar-refractivity contribution < 1.29 is 4.79 Å². The van der Waals surface area contributed by atoms with E-state index in [-0.39, 0.29) is 5.91 Å². The molecule has 20 heavy (non-hydrogen) atoms. The van der Waals surface area contributed by atoms with E-state index in [0.29, 0.717) is 17.9 Å². The molecule has 106 valence electrons. The molecular weight excluding hydrogens is 318 g/mol. The van der Waals surface area contributed by atoms with Gasteiger partial charge in [0.15, 0.2) is 0 Å². The molecule has 0 atom stereocenters. The average Bonchev–Trinajstić information content (AvgIpc) is 2.75. The molecule has 0 unspecified atom stereocenters. The Morgan fingerprint density at radius 1 is 1.30 bits per heavy atom. The van der Waals surface area contributed by atoms with E-state index < -0.39 is 0 Å². The Morgan fingerprint density at radius 3 is 2.45 bits per heavy atom. The summed E-state index contributed by atoms with van der Waals surface area (Å²) in [6.45, 7) is 6.63. The Balaban J connectivity index is 2.32. The van der Waals surface area contributed by atoms with Crippen LogP contribution in [-0.4, -0.2) is 10.5 Å². The fourth-order valence-corrected chi connectivity index (χ4v) is 2.96. The molecule has 0 saturated carbocycles. The maximum Gasteiger partial charge on any atom is 0.272 e. The van der Waals surface area contributed by atoms with E-state index in [4.69, 9.17) is 5.73 Å². The Labute approximate surface area is 127 Å². The Morgan fingerprint density at radius 2 is 1.90 bits per heavy atom. The van der Waals surface area contributed by atoms with E-state index in [2.05, 4.69) is 21.2 Å². The first kappa shape index (κ1) is 14.7. The van der Waals surface area contributed by atoms with Gasteiger partial charge in [-0.2, -0.15) is 0 Å². The highest BCUT2D eigenvalue weighted by atomic mass is 79.9. The molecule has 2 aromatic rings. The van der Waals surface area contributed by atoms with Crippen molar-refractivity contribution in [1.82, 2.24) is 4.57 Å². The number of rotatable bonds is 3. The predicted octanol–water partition coefficient (Wildman–Crippen LogP) is 3.72. The third kappa shape index (κ3) is 2.88. The summed E-state index contributed by atoms with van der Waals surface area (Å²) in [6, 6.07) is 5.66. The number of anilines is 2. The number of nitrogens with two attached hydrogens (primary N) is 1. The topological polar surface area (TPSA) is 60.0 Å². The number of halogens is 1. The number of aromatic nitrogens is 1. The van der Waals surface area contributed by atoms with Crippen molar-refractivity contribution in [3.8, 4) is 0 Å². The standard InChI is InChI=1S/C15H18BrN3O/c1-4-19-8-12(17)7-13(19)15(20)18-14-9(2)5-11(16)6-10(14)3/h5-8H,4,17H2,1-3H3,(H,18,20). The normalized spacial score (nSPS) is 10.6. The molecule has 0 fully saturated rings. The van der Waals surface area contributed by atoms with E-state index in [1.54, 1.807) is 12.3 Å². The summed E-state index contributed by atoms with van der Waals surface area (Å²) in [7, 11) is 0. The van der Waals surface area contributed by atoms with Crippen molar-refractivity contribution >= 4 is 33.2 Å². The van der Waals surface area contributed by atoms with Crippen LogP contribution >= 0.6 is 15.9 Å². The van der Waals surface area contributed by atoms with Crippen molar-refractivity contribution in [3.05, 3.63) is 45.7 Å². The molecule has 0 aliphatic rings. The van der Waals surface area contributed by atoms with Crippen LogP contribution in [0.2, 0.25) is 0 Å². The second kappa shape index (κ2) is 5.71. The number of nitrogens with zero attached hydrogens (tertiary/aromatic N) is 1. The molecule has 0 aliphatic heterocycles. The lowest BCUT2D eigenvalue weighted by atomic mass is 10.1. The van der Waals surface area contributed by atoms with Crippen molar-refractivity contribution in [2.24, 2.45) is 0 Å². The molecule has 5 heteroatoms. The first-order chi connectivity index (χ1) is 9.42. The van der Waals surface area contributed by atoms with Crippen molar-refractivity contribution in [3.63, 3.8) is 0 Å². The number of benzene rings is 1. The second-order valence-corrected chi connectivity index (χ2v) is 5.73. The van der Waals surface area contributed by atoms with Gasteiger partial charge in [-0.1, -0.05) is 15.9 Å². The van der Waals surface area contributed by atoms with Gasteiger partial charge >= 0.3 is 0 Å². The number of carbonyl (C=O) groups is 1. The lowest BCUT2D eigenvalue weighted by Crippen LogP contribution is -2.17. The summed E-state index contributed by atoms with van der Waals surface area (Å²) in [5.41, 5.74) is 9.82. The summed E-state index contributed by atoms with van der Waals surface area (Å²) >= 11 is 3.45. The maximum absolute atomic E-state index is 12.4. The van der Waals surface area contributed by atoms with Crippen LogP contribution < -0.4 is 11.1 Å². The quantitative estimate of drug-likeness (QED) is 0.897. The Hall–Kier alpha value is -1.75. The minimum atomic E-state index is -0.142. The molecule has 4 nitrogen and oxygen atoms in total. The third-order valence-corrected chi connectivity index (χ3v) is 3.68. The van der Waals surface area contributed by atoms with Gasteiger partial charge < -0.3 is 15.6 Å². The van der Waals surface area contributed by atoms with Gasteiger partial charge in [-0.05, 0) is 50.1 Å². The Kier molecular flexibility index (Phi) is 4.18. The van der Waals surface area contributed by atoms with Gasteiger partial charge in [0.2, 0.25) is 0 Å². The molecule has 1 aromatic heterocycles. The van der Waals surface area contributed by atoms with Crippen LogP contribution in [0.4, 0.5) is 11.4 Å². The van der Waals surface area contributed by atoms with Crippen LogP contribution in [0.3, 0.4) is 0 Å². The highest BCUT2D eigenvalue weighted by Crippen LogP contribution is 2.26. The number of aryl methyl sites for hydroxylation is 3. The van der Waals surface area contributed by atoms with E-state index >= 15 is 0 Å². The van der Waals surface area contributed by atoms with Crippen molar-refractivity contribution in [2.75, 3.05) is 11.1 Å². The van der Waals surface area contributed by atoms with Crippen molar-refractivity contribution in [2.45, 2.75) is 27.3 Å². The maximum atomic E-state index is 12.4. The molecular formula is C15H18BrN3O. The van der Waals surface area contributed by atoms with Gasteiger partial charge in [-0.3, -0.25) is 4.79 Å². The SMILES string of the molecule is CCn1cc(N)cc1C(=O)Nc1c(C)cc(Br)cc1C. The fourth-order valence-electron chi connectivity index (χ4n) is 2.27. The lowest BCUT2D eigenvalue weighted by molar-refractivity contribution is 0.101. The minimum Gasteiger partial charge on any atom is -0.397 e. The van der Waals surface area contributed by atoms with Gasteiger partial charge in [-0.15, -0.1) is 0 Å². The average molecular weight is 336 g/mol. The van der Waals surface area contributed by atoms with Crippen LogP contribution in [-0.2, 0) is 6.54 Å². The lowest BCUT2D eigenvalue weighted by Gasteiger charge is -2.13. The van der Waals surface area contributed by atoms with Gasteiger partial charge in [-0.25, -0.2) is 0 Å². The zero-order chi connectivity index (χ0) is 14.9. The fraction of sp³-hybridized carbons (Fsp3) is 0.267. The number of hydrogen-bond donors (Lipinski definition) is 2. The first-order valence-electron chi connectivity index (χ1n) is 6.46. The van der Waals surface area contributed by atoms with E-state index in [0.717, 1.165) is 21.3 Å². The minimum absolute atomic E-state index is 0.142. The monoisotopic (exact) mass is 335 g/mol. The number of amides is 1. The predicted molar refractivity (Wildman–Crippen MR) is 86.1 cm³/mol. The highest BCUT2D eigenvalue weighted by molar-refractivity contribution is 9.10. The first-order valence-corrected chi connectivity index (χ1v) is 7.25. The largest absolute Gasteiger partial charge is 0.397 e. The van der Waals surface area contributed by atoms with Gasteiger partial charge in [0.05, 0.1) is 5.69 Å². The molecule has 3 N–H and O–H groups in total. The van der Waals surface area contributed by atoms with Gasteiger partial charge in [0.25, 0.3) is 5.91 Å². The molecule has 0 aliphatic carbocycles. The van der Waals surface area contributed by atoms with Gasteiger partial charge in [0, 0.05) is 22.9 Å². The summed E-state index contributed by atoms with van der Waals surface area (Å²) in [4.78, 5) is 12.4. The number of hydrogen-bond acceptors (Lipinski definition) is 2. The number of carbonyl (C=O) groups excluding carboxylic acids is 1. The summed E-state index contributed by atoms with van der Waals surface area (Å²) in [5, 5.41) is 2.97. The molecule has 1 amide bonds. The number of nitrogens with one attached hydrogen (secondary N) is 1.